The van der Waals surface area contributed by atoms with Crippen LogP contribution in [0.5, 0.6) is 0 Å². The molecule has 0 saturated carbocycles. The molecule has 1 atom stereocenters. The van der Waals surface area contributed by atoms with Crippen LogP contribution >= 0.6 is 0 Å². The number of rotatable bonds is 11. The van der Waals surface area contributed by atoms with Crippen LogP contribution in [-0.2, 0) is 24.3 Å². The molecule has 37 heavy (non-hydrogen) atoms. The Balaban J connectivity index is 1.28. The summed E-state index contributed by atoms with van der Waals surface area (Å²) in [4.78, 5) is 15.7. The summed E-state index contributed by atoms with van der Waals surface area (Å²) in [7, 11) is 0. The van der Waals surface area contributed by atoms with Crippen LogP contribution in [0.15, 0.2) is 103 Å². The van der Waals surface area contributed by atoms with Crippen LogP contribution in [0.3, 0.4) is 0 Å². The number of hydrogen-bond donors (Lipinski definition) is 5. The smallest absolute Gasteiger partial charge is 0.267 e. The lowest BCUT2D eigenvalue weighted by Gasteiger charge is -2.13. The number of aromatic nitrogens is 1. The molecule has 3 aromatic carbocycles. The van der Waals surface area contributed by atoms with Gasteiger partial charge in [-0.25, -0.2) is 5.48 Å². The summed E-state index contributed by atoms with van der Waals surface area (Å²) in [5.41, 5.74) is 8.51. The molecular weight excluding hydrogens is 464 g/mol. The van der Waals surface area contributed by atoms with Crippen molar-refractivity contribution in [1.29, 1.82) is 0 Å². The van der Waals surface area contributed by atoms with Crippen molar-refractivity contribution in [3.05, 3.63) is 126 Å². The van der Waals surface area contributed by atoms with Crippen molar-refractivity contribution in [2.75, 3.05) is 5.32 Å². The average molecular weight is 495 g/mol. The quantitative estimate of drug-likeness (QED) is 0.0908. The maximum atomic E-state index is 11.2. The second-order valence-electron chi connectivity index (χ2n) is 8.61. The van der Waals surface area contributed by atoms with Gasteiger partial charge in [-0.3, -0.25) is 20.3 Å². The Kier molecular flexibility index (Phi) is 9.15. The summed E-state index contributed by atoms with van der Waals surface area (Å²) in [5, 5.41) is 25.4. The van der Waals surface area contributed by atoms with Crippen molar-refractivity contribution >= 4 is 17.7 Å². The molecule has 1 aromatic heterocycles. The number of hydrogen-bond acceptors (Lipinski definition) is 6. The predicted molar refractivity (Wildman–Crippen MR) is 145 cm³/mol. The number of nitrogens with one attached hydrogen (secondary N) is 3. The van der Waals surface area contributed by atoms with E-state index < -0.39 is 12.1 Å². The Morgan fingerprint density at radius 2 is 1.62 bits per heavy atom. The van der Waals surface area contributed by atoms with E-state index in [-0.39, 0.29) is 0 Å². The predicted octanol–water partition coefficient (Wildman–Crippen LogP) is 4.53. The van der Waals surface area contributed by atoms with Gasteiger partial charge in [0.25, 0.3) is 5.91 Å². The molecule has 5 N–H and O–H groups in total. The van der Waals surface area contributed by atoms with E-state index in [2.05, 4.69) is 15.6 Å². The summed E-state index contributed by atoms with van der Waals surface area (Å²) in [6, 6.07) is 29.9. The lowest BCUT2D eigenvalue weighted by molar-refractivity contribution is -0.124. The van der Waals surface area contributed by atoms with Gasteiger partial charge in [-0.1, -0.05) is 66.7 Å². The highest BCUT2D eigenvalue weighted by Crippen LogP contribution is 2.22. The molecule has 0 bridgehead atoms. The molecule has 0 saturated heterocycles. The van der Waals surface area contributed by atoms with Gasteiger partial charge >= 0.3 is 0 Å². The van der Waals surface area contributed by atoms with E-state index in [0.717, 1.165) is 39.2 Å². The molecule has 1 unspecified atom stereocenters. The molecule has 0 fully saturated rings. The van der Waals surface area contributed by atoms with Crippen molar-refractivity contribution in [2.45, 2.75) is 25.7 Å². The third-order valence-corrected chi connectivity index (χ3v) is 5.82. The molecule has 188 valence electrons. The number of amides is 1. The second-order valence-corrected chi connectivity index (χ2v) is 8.61. The number of pyridine rings is 1. The van der Waals surface area contributed by atoms with Crippen molar-refractivity contribution in [3.8, 4) is 11.1 Å². The lowest BCUT2D eigenvalue weighted by atomic mass is 10.1. The van der Waals surface area contributed by atoms with E-state index in [1.165, 1.54) is 6.08 Å². The van der Waals surface area contributed by atoms with Crippen molar-refractivity contribution in [2.24, 2.45) is 0 Å². The fourth-order valence-electron chi connectivity index (χ4n) is 3.82. The molecule has 0 aliphatic carbocycles. The van der Waals surface area contributed by atoms with E-state index in [9.17, 15) is 9.90 Å². The number of hydroxylamine groups is 1. The van der Waals surface area contributed by atoms with Crippen LogP contribution < -0.4 is 16.1 Å². The first-order chi connectivity index (χ1) is 18.1. The molecule has 4 aromatic rings. The maximum absolute atomic E-state index is 11.2. The van der Waals surface area contributed by atoms with Gasteiger partial charge in [-0.2, -0.15) is 0 Å². The molecule has 1 heterocycles. The van der Waals surface area contributed by atoms with Crippen molar-refractivity contribution in [3.63, 3.8) is 0 Å². The van der Waals surface area contributed by atoms with Crippen molar-refractivity contribution < 1.29 is 15.1 Å². The van der Waals surface area contributed by atoms with Gasteiger partial charge in [-0.05, 0) is 52.6 Å². The summed E-state index contributed by atoms with van der Waals surface area (Å²) in [6.45, 7) is 1.23. The topological polar surface area (TPSA) is 107 Å². The minimum absolute atomic E-state index is 0.432. The highest BCUT2D eigenvalue weighted by Gasteiger charge is 2.07. The minimum Gasteiger partial charge on any atom is -0.381 e. The van der Waals surface area contributed by atoms with Crippen LogP contribution in [0.25, 0.3) is 17.2 Å². The Morgan fingerprint density at radius 1 is 0.865 bits per heavy atom. The molecule has 4 rings (SSSR count). The number of carbonyl (C=O) groups is 1. The molecule has 1 amide bonds. The van der Waals surface area contributed by atoms with Gasteiger partial charge in [0.2, 0.25) is 0 Å². The molecule has 0 radical (unpaired) electrons. The minimum atomic E-state index is -0.666. The summed E-state index contributed by atoms with van der Waals surface area (Å²) in [6.07, 6.45) is 4.52. The fraction of sp³-hybridized carbons (Fsp3) is 0.133. The largest absolute Gasteiger partial charge is 0.381 e. The number of carbonyl (C=O) groups excluding carboxylic acids is 1. The third-order valence-electron chi connectivity index (χ3n) is 5.82. The monoisotopic (exact) mass is 494 g/mol. The van der Waals surface area contributed by atoms with Gasteiger partial charge in [0.1, 0.15) is 6.23 Å². The Bertz CT molecular complexity index is 1310. The van der Waals surface area contributed by atoms with Gasteiger partial charge < -0.3 is 10.4 Å². The van der Waals surface area contributed by atoms with E-state index in [4.69, 9.17) is 5.21 Å². The lowest BCUT2D eigenvalue weighted by Crippen LogP contribution is -2.30. The molecule has 7 heteroatoms. The number of anilines is 1. The first-order valence-corrected chi connectivity index (χ1v) is 12.0. The van der Waals surface area contributed by atoms with Crippen molar-refractivity contribution in [1.82, 2.24) is 15.8 Å². The molecular formula is C30H30N4O3. The third kappa shape index (κ3) is 8.12. The van der Waals surface area contributed by atoms with Crippen LogP contribution in [0.1, 0.15) is 22.4 Å². The number of aliphatic hydroxyl groups excluding tert-OH is 1. The number of benzene rings is 3. The maximum Gasteiger partial charge on any atom is 0.267 e. The van der Waals surface area contributed by atoms with Crippen LogP contribution in [0, 0.1) is 0 Å². The first kappa shape index (κ1) is 25.8. The highest BCUT2D eigenvalue weighted by molar-refractivity contribution is 5.90. The zero-order chi connectivity index (χ0) is 25.9. The summed E-state index contributed by atoms with van der Waals surface area (Å²) < 4.78 is 0. The zero-order valence-electron chi connectivity index (χ0n) is 20.3. The summed E-state index contributed by atoms with van der Waals surface area (Å²) in [5.74, 6) is -0.568. The van der Waals surface area contributed by atoms with E-state index in [0.29, 0.717) is 19.5 Å². The van der Waals surface area contributed by atoms with Gasteiger partial charge in [-0.15, -0.1) is 0 Å². The first-order valence-electron chi connectivity index (χ1n) is 12.0. The second kappa shape index (κ2) is 13.1. The van der Waals surface area contributed by atoms with E-state index in [1.807, 2.05) is 97.2 Å². The number of aliphatic hydroxyl groups is 1. The fourth-order valence-corrected chi connectivity index (χ4v) is 3.82. The standard InChI is InChI=1S/C30H30N4O3/c35-29(34-37)16-9-22-7-4-8-24(17-22)20-31-27-13-10-25(11-14-27)26-12-15-28(32-21-26)18-30(36)33-19-23-5-2-1-3-6-23/h1-17,21,30-31,33,36-37H,18-20H2,(H,34,35)/b16-9+. The zero-order valence-corrected chi connectivity index (χ0v) is 20.3. The molecule has 7 nitrogen and oxygen atoms in total. The molecule has 0 aliphatic rings. The SMILES string of the molecule is O=C(/C=C/c1cccc(CNc2ccc(-c3ccc(CC(O)NCc4ccccc4)nc3)cc2)c1)NO. The molecule has 0 aliphatic heterocycles. The van der Waals surface area contributed by atoms with Crippen LogP contribution in [0.2, 0.25) is 0 Å². The van der Waals surface area contributed by atoms with E-state index in [1.54, 1.807) is 11.6 Å². The van der Waals surface area contributed by atoms with Gasteiger partial charge in [0, 0.05) is 48.7 Å². The Labute approximate surface area is 216 Å². The van der Waals surface area contributed by atoms with Crippen LogP contribution in [0.4, 0.5) is 5.69 Å². The van der Waals surface area contributed by atoms with Gasteiger partial charge in [0.05, 0.1) is 0 Å². The average Bonchev–Trinajstić information content (AvgIpc) is 2.95. The Hall–Kier alpha value is -4.30. The normalized spacial score (nSPS) is 11.8. The summed E-state index contributed by atoms with van der Waals surface area (Å²) >= 11 is 0. The highest BCUT2D eigenvalue weighted by atomic mass is 16.5. The molecule has 0 spiro atoms. The number of nitrogens with zero attached hydrogens (tertiary/aromatic N) is 1. The Morgan fingerprint density at radius 3 is 2.35 bits per heavy atom. The van der Waals surface area contributed by atoms with E-state index >= 15 is 0 Å². The van der Waals surface area contributed by atoms with Crippen LogP contribution in [-0.4, -0.2) is 27.4 Å². The van der Waals surface area contributed by atoms with Gasteiger partial charge in [0.15, 0.2) is 0 Å².